The van der Waals surface area contributed by atoms with Crippen LogP contribution in [0, 0.1) is 23.7 Å². The molecule has 20 aliphatic heterocycles. The van der Waals surface area contributed by atoms with Gasteiger partial charge in [0.25, 0.3) is 0 Å². The molecule has 2 spiro atoms. The second-order valence-corrected chi connectivity index (χ2v) is 35.7. The Balaban J connectivity index is 0.000000156. The Morgan fingerprint density at radius 1 is 0.434 bits per heavy atom. The second kappa shape index (κ2) is 31.3. The number of aliphatic hydroxyl groups is 2. The lowest BCUT2D eigenvalue weighted by Gasteiger charge is -2.47. The number of rotatable bonds is 10. The van der Waals surface area contributed by atoms with Crippen LogP contribution >= 0.6 is 0 Å². The number of carbonyl (C=O) groups is 2. The van der Waals surface area contributed by atoms with Crippen LogP contribution in [0.15, 0.2) is 48.6 Å². The number of ether oxygens (including phenoxy) is 18. The fourth-order valence-corrected chi connectivity index (χ4v) is 23.1. The number of carbonyl (C=O) groups excluding carboxylic acids is 2. The van der Waals surface area contributed by atoms with Crippen molar-refractivity contribution in [1.29, 1.82) is 0 Å². The van der Waals surface area contributed by atoms with E-state index in [0.29, 0.717) is 95.9 Å². The summed E-state index contributed by atoms with van der Waals surface area (Å²) in [6.07, 6.45) is 12.6. The summed E-state index contributed by atoms with van der Waals surface area (Å²) in [6, 6.07) is 0. The minimum absolute atomic E-state index is 0.00597. The van der Waals surface area contributed by atoms with Gasteiger partial charge in [-0.05, 0) is 137 Å². The number of Topliss-reactive ketones (excluding diaryl/α,β-unsaturated/α-hetero) is 2. The molecule has 10 unspecified atom stereocenters. The highest BCUT2D eigenvalue weighted by atomic mass is 16.8. The zero-order valence-corrected chi connectivity index (χ0v) is 63.7. The van der Waals surface area contributed by atoms with E-state index in [1.807, 2.05) is 7.05 Å². The van der Waals surface area contributed by atoms with Crippen LogP contribution in [-0.4, -0.2) is 256 Å². The van der Waals surface area contributed by atoms with E-state index in [1.165, 1.54) is 0 Å². The van der Waals surface area contributed by atoms with Gasteiger partial charge in [0.2, 0.25) is 0 Å². The number of fused-ring (bicyclic) bond motifs is 12. The monoisotopic (exact) mass is 1490 g/mol. The van der Waals surface area contributed by atoms with Gasteiger partial charge >= 0.3 is 0 Å². The Morgan fingerprint density at radius 2 is 0.840 bits per heavy atom. The summed E-state index contributed by atoms with van der Waals surface area (Å²) >= 11 is 0. The van der Waals surface area contributed by atoms with Crippen molar-refractivity contribution < 1.29 is 105 Å². The number of hydrogen-bond acceptors (Lipinski definition) is 23. The molecule has 0 saturated carbocycles. The number of methoxy groups -OCH3 is 2. The van der Waals surface area contributed by atoms with E-state index in [2.05, 4.69) is 52.4 Å². The number of nitrogens with one attached hydrogen (secondary N) is 1. The molecule has 0 aromatic rings. The SMILES string of the molecule is C=C1C[C@@H]2CC[C@@]34C[C@@H]5O[C@@H]6C(O[C@H]7CCC(CC(=O)C[C@@H]8[C@@H](OC)[C@@H](C[C@H](O)CCC)O[C@H]8CC8O[C@@H](CCC1O2)C[C@@H](C)C8=C)OC7[C@@H]6O3)[C@@H]5O4.C=C1C[C@@H]2CC[C@@]34C[C@@H]5O[C@@H]6C(O[C@H]7CCC(CC(=O)C[C@@H]8[C@@H](OC)[C@@H](C[C@H](O)CNC)O[C@H]8CC8O[C@@H](CCC1O2)C[C@@H](C)C8=C)OC7[C@@H]6O3)[C@@H]5O4. The van der Waals surface area contributed by atoms with Gasteiger partial charge in [0.05, 0.1) is 134 Å². The minimum atomic E-state index is -0.777. The summed E-state index contributed by atoms with van der Waals surface area (Å²) in [5, 5.41) is 24.7. The fourth-order valence-electron chi connectivity index (χ4n) is 23.1. The van der Waals surface area contributed by atoms with Crippen molar-refractivity contribution in [3.63, 3.8) is 0 Å². The first kappa shape index (κ1) is 76.1. The van der Waals surface area contributed by atoms with Gasteiger partial charge < -0.3 is 101 Å². The van der Waals surface area contributed by atoms with Crippen LogP contribution in [0.5, 0.6) is 0 Å². The average molecular weight is 1490 g/mol. The molecule has 20 saturated heterocycles. The number of aliphatic hydroxyl groups excluding tert-OH is 2. The predicted octanol–water partition coefficient (Wildman–Crippen LogP) is 8.98. The molecule has 38 atom stereocenters. The summed E-state index contributed by atoms with van der Waals surface area (Å²) < 4.78 is 121. The predicted molar refractivity (Wildman–Crippen MR) is 383 cm³/mol. The molecule has 24 bridgehead atoms. The quantitative estimate of drug-likeness (QED) is 0.173. The molecule has 106 heavy (non-hydrogen) atoms. The molecule has 0 aliphatic carbocycles. The van der Waals surface area contributed by atoms with Crippen LogP contribution in [0.3, 0.4) is 0 Å². The topological polar surface area (TPSA) is 253 Å². The van der Waals surface area contributed by atoms with Crippen molar-refractivity contribution in [3.8, 4) is 0 Å². The normalized spacial score (nSPS) is 51.6. The molecule has 0 aromatic heterocycles. The molecular weight excluding hydrogens is 1360 g/mol. The first-order chi connectivity index (χ1) is 51.2. The van der Waals surface area contributed by atoms with Crippen LogP contribution in [-0.2, 0) is 94.9 Å². The highest BCUT2D eigenvalue weighted by molar-refractivity contribution is 5.80. The highest BCUT2D eigenvalue weighted by Gasteiger charge is 2.71. The van der Waals surface area contributed by atoms with Crippen LogP contribution in [0.1, 0.15) is 201 Å². The Hall–Kier alpha value is -2.54. The molecule has 592 valence electrons. The molecule has 3 N–H and O–H groups in total. The lowest BCUT2D eigenvalue weighted by atomic mass is 9.81. The Kier molecular flexibility index (Phi) is 22.5. The maximum atomic E-state index is 14.1. The zero-order valence-electron chi connectivity index (χ0n) is 63.7. The Bertz CT molecular complexity index is 2990. The summed E-state index contributed by atoms with van der Waals surface area (Å²) in [6.45, 7) is 24.9. The van der Waals surface area contributed by atoms with Crippen molar-refractivity contribution in [2.24, 2.45) is 23.7 Å². The van der Waals surface area contributed by atoms with Crippen molar-refractivity contribution in [1.82, 2.24) is 5.32 Å². The van der Waals surface area contributed by atoms with Crippen molar-refractivity contribution in [2.75, 3.05) is 27.8 Å². The number of ketones is 2. The van der Waals surface area contributed by atoms with Crippen LogP contribution in [0.4, 0.5) is 0 Å². The Morgan fingerprint density at radius 3 is 1.28 bits per heavy atom. The average Bonchev–Trinajstić information content (AvgIpc) is 1.55. The van der Waals surface area contributed by atoms with E-state index in [4.69, 9.17) is 85.3 Å². The third kappa shape index (κ3) is 15.0. The van der Waals surface area contributed by atoms with Gasteiger partial charge in [0, 0.05) is 110 Å². The van der Waals surface area contributed by atoms with Crippen LogP contribution < -0.4 is 5.32 Å². The smallest absolute Gasteiger partial charge is 0.172 e. The minimum Gasteiger partial charge on any atom is -0.393 e. The molecule has 20 rings (SSSR count). The summed E-state index contributed by atoms with van der Waals surface area (Å²) in [5.41, 5.74) is 4.45. The summed E-state index contributed by atoms with van der Waals surface area (Å²) in [4.78, 5) is 28.2. The summed E-state index contributed by atoms with van der Waals surface area (Å²) in [5.74, 6) is -1.10. The van der Waals surface area contributed by atoms with E-state index in [-0.39, 0.29) is 212 Å². The van der Waals surface area contributed by atoms with Crippen molar-refractivity contribution >= 4 is 11.6 Å². The van der Waals surface area contributed by atoms with Crippen molar-refractivity contribution in [3.05, 3.63) is 48.6 Å². The molecular formula is C83H123NO22. The van der Waals surface area contributed by atoms with E-state index in [1.54, 1.807) is 14.2 Å². The third-order valence-corrected chi connectivity index (χ3v) is 28.5. The van der Waals surface area contributed by atoms with Gasteiger partial charge in [-0.1, -0.05) is 53.5 Å². The first-order valence-corrected chi connectivity index (χ1v) is 41.6. The van der Waals surface area contributed by atoms with E-state index in [9.17, 15) is 19.8 Å². The standard InChI is InChI=1S/C42H62O11.C41H61NO11/c1-6-7-24(43)18-34-36(45-5)29-17-25(44)16-27-9-11-31-37(48-27)41-40-39(50-31)38-35(51-40)20-42(52-38,53-41)13-12-28-15-22(3)30(46-28)10-8-26-14-21(2)23(4)32(47-26)19-33(29)49-34;1-20-12-25-6-8-29-21(2)13-27(46-29)10-11-41-18-34-37(52-41)38-39(51-34)40(53-41)36-30(50-38)9-7-26(48-36)14-23(43)15-28-32(17-31(47-25)22(20)3)49-33(35(28)45-5)16-24(44)19-42-4/h21,24,26-41,43H,3-4,6-20H2,1-2,5H3;20,24-40,42,44H,2-3,6-19H2,1,4-5H3/t21-,24-,26+,27?,28+,29+,30?,31+,32?,33+,34-,35+,36-,37?,38-,39?,40-,41+,42+;20-,24+,25+,26?,27+,28+,29?,30+,31?,32+,33-,34+,35-,36?,37-,38?,39-,40+,41+/m11/s1. The molecule has 20 fully saturated rings. The molecule has 0 amide bonds. The van der Waals surface area contributed by atoms with E-state index >= 15 is 0 Å². The molecule has 0 radical (unpaired) electrons. The number of hydrogen-bond donors (Lipinski definition) is 3. The lowest BCUT2D eigenvalue weighted by Crippen LogP contribution is -2.61. The van der Waals surface area contributed by atoms with Crippen LogP contribution in [0.25, 0.3) is 0 Å². The lowest BCUT2D eigenvalue weighted by molar-refractivity contribution is -0.292. The van der Waals surface area contributed by atoms with Gasteiger partial charge in [0.1, 0.15) is 72.6 Å². The third-order valence-electron chi connectivity index (χ3n) is 28.5. The largest absolute Gasteiger partial charge is 0.393 e. The van der Waals surface area contributed by atoms with Crippen LogP contribution in [0.2, 0.25) is 0 Å². The van der Waals surface area contributed by atoms with Gasteiger partial charge in [0.15, 0.2) is 11.6 Å². The van der Waals surface area contributed by atoms with Gasteiger partial charge in [-0.15, -0.1) is 0 Å². The van der Waals surface area contributed by atoms with E-state index < -0.39 is 23.8 Å². The number of likely N-dealkylation sites (N-methyl/N-ethyl adjacent to an activating group) is 1. The van der Waals surface area contributed by atoms with Gasteiger partial charge in [-0.3, -0.25) is 9.59 Å². The van der Waals surface area contributed by atoms with Gasteiger partial charge in [-0.2, -0.15) is 0 Å². The molecule has 23 heteroatoms. The maximum Gasteiger partial charge on any atom is 0.172 e. The molecule has 23 nitrogen and oxygen atoms in total. The Labute approximate surface area is 626 Å². The molecule has 0 aromatic carbocycles. The maximum absolute atomic E-state index is 14.1. The zero-order chi connectivity index (χ0) is 73.2. The first-order valence-electron chi connectivity index (χ1n) is 41.6. The molecule has 20 heterocycles. The second-order valence-electron chi connectivity index (χ2n) is 35.7. The van der Waals surface area contributed by atoms with Crippen molar-refractivity contribution in [2.45, 2.75) is 407 Å². The molecule has 20 aliphatic rings. The highest BCUT2D eigenvalue weighted by Crippen LogP contribution is 2.57. The van der Waals surface area contributed by atoms with Gasteiger partial charge in [-0.25, -0.2) is 0 Å². The van der Waals surface area contributed by atoms with E-state index in [0.717, 1.165) is 119 Å². The summed E-state index contributed by atoms with van der Waals surface area (Å²) in [7, 11) is 5.20. The fraction of sp³-hybridized carbons (Fsp3) is 0.880.